The Bertz CT molecular complexity index is 703. The third-order valence-corrected chi connectivity index (χ3v) is 3.41. The van der Waals surface area contributed by atoms with E-state index in [4.69, 9.17) is 16.3 Å². The van der Waals surface area contributed by atoms with Gasteiger partial charge in [0.1, 0.15) is 0 Å². The number of amides is 1. The first-order valence-electron chi connectivity index (χ1n) is 6.57. The molecule has 0 spiro atoms. The molecular formula is C16H15ClN2O3. The highest BCUT2D eigenvalue weighted by atomic mass is 35.5. The molecule has 1 aromatic heterocycles. The van der Waals surface area contributed by atoms with E-state index in [9.17, 15) is 9.59 Å². The predicted molar refractivity (Wildman–Crippen MR) is 83.8 cm³/mol. The van der Waals surface area contributed by atoms with Crippen molar-refractivity contribution in [2.45, 2.75) is 12.8 Å². The van der Waals surface area contributed by atoms with Gasteiger partial charge in [-0.1, -0.05) is 23.7 Å². The number of aromatic nitrogens is 1. The molecule has 0 saturated heterocycles. The van der Waals surface area contributed by atoms with Crippen molar-refractivity contribution < 1.29 is 14.3 Å². The minimum absolute atomic E-state index is 0.441. The van der Waals surface area contributed by atoms with Crippen LogP contribution < -0.4 is 5.32 Å². The van der Waals surface area contributed by atoms with Crippen LogP contribution in [0, 0.1) is 6.92 Å². The summed E-state index contributed by atoms with van der Waals surface area (Å²) in [5.41, 5.74) is 1.86. The molecule has 0 bridgehead atoms. The molecule has 2 rings (SSSR count). The van der Waals surface area contributed by atoms with Crippen LogP contribution in [0.15, 0.2) is 42.7 Å². The van der Waals surface area contributed by atoms with E-state index in [2.05, 4.69) is 10.3 Å². The Balaban J connectivity index is 2.32. The Morgan fingerprint density at radius 3 is 2.73 bits per heavy atom. The largest absolute Gasteiger partial charge is 0.468 e. The number of nitrogens with one attached hydrogen (secondary N) is 1. The smallest absolute Gasteiger partial charge is 0.322 e. The first-order valence-corrected chi connectivity index (χ1v) is 6.95. The van der Waals surface area contributed by atoms with Crippen LogP contribution in [0.3, 0.4) is 0 Å². The van der Waals surface area contributed by atoms with Crippen LogP contribution in [0.2, 0.25) is 5.02 Å². The zero-order chi connectivity index (χ0) is 16.1. The van der Waals surface area contributed by atoms with E-state index >= 15 is 0 Å². The third kappa shape index (κ3) is 3.62. The molecule has 1 heterocycles. The van der Waals surface area contributed by atoms with Gasteiger partial charge in [-0.05, 0) is 36.2 Å². The average Bonchev–Trinajstić information content (AvgIpc) is 2.49. The van der Waals surface area contributed by atoms with Gasteiger partial charge >= 0.3 is 5.97 Å². The number of hydrogen-bond donors (Lipinski definition) is 1. The van der Waals surface area contributed by atoms with E-state index in [0.717, 1.165) is 5.56 Å². The van der Waals surface area contributed by atoms with Gasteiger partial charge in [0.25, 0.3) is 0 Å². The lowest BCUT2D eigenvalue weighted by molar-refractivity contribution is -0.145. The number of carbonyl (C=O) groups excluding carboxylic acids is 2. The molecule has 1 amide bonds. The summed E-state index contributed by atoms with van der Waals surface area (Å²) < 4.78 is 4.74. The summed E-state index contributed by atoms with van der Waals surface area (Å²) >= 11 is 5.93. The zero-order valence-electron chi connectivity index (χ0n) is 12.2. The van der Waals surface area contributed by atoms with Gasteiger partial charge in [-0.3, -0.25) is 14.6 Å². The van der Waals surface area contributed by atoms with Crippen LogP contribution in [0.4, 0.5) is 5.69 Å². The maximum Gasteiger partial charge on any atom is 0.322 e. The summed E-state index contributed by atoms with van der Waals surface area (Å²) in [6.45, 7) is 1.84. The first-order chi connectivity index (χ1) is 10.5. The van der Waals surface area contributed by atoms with Crippen LogP contribution in [-0.2, 0) is 14.3 Å². The molecule has 1 unspecified atom stereocenters. The van der Waals surface area contributed by atoms with Crippen LogP contribution in [0.1, 0.15) is 17.0 Å². The third-order valence-electron chi connectivity index (χ3n) is 3.18. The predicted octanol–water partition coefficient (Wildman–Crippen LogP) is 2.94. The number of nitrogens with zero attached hydrogens (tertiary/aromatic N) is 1. The number of carbonyl (C=O) groups is 2. The van der Waals surface area contributed by atoms with E-state index in [1.54, 1.807) is 36.5 Å². The van der Waals surface area contributed by atoms with Gasteiger partial charge in [-0.15, -0.1) is 0 Å². The molecule has 0 radical (unpaired) electrons. The first kappa shape index (κ1) is 16.0. The Morgan fingerprint density at radius 2 is 2.09 bits per heavy atom. The maximum absolute atomic E-state index is 12.5. The number of anilines is 1. The quantitative estimate of drug-likeness (QED) is 0.695. The number of halogens is 1. The van der Waals surface area contributed by atoms with Crippen molar-refractivity contribution in [1.29, 1.82) is 0 Å². The van der Waals surface area contributed by atoms with Crippen molar-refractivity contribution in [3.63, 3.8) is 0 Å². The SMILES string of the molecule is COC(=O)C(C(=O)Nc1cnccc1C)c1cccc(Cl)c1. The summed E-state index contributed by atoms with van der Waals surface area (Å²) in [4.78, 5) is 28.5. The fraction of sp³-hybridized carbons (Fsp3) is 0.188. The zero-order valence-corrected chi connectivity index (χ0v) is 12.9. The van der Waals surface area contributed by atoms with Crippen LogP contribution in [-0.4, -0.2) is 24.0 Å². The minimum Gasteiger partial charge on any atom is -0.468 e. The number of rotatable bonds is 4. The van der Waals surface area contributed by atoms with Crippen molar-refractivity contribution in [3.05, 3.63) is 58.9 Å². The van der Waals surface area contributed by atoms with Crippen LogP contribution in [0.25, 0.3) is 0 Å². The molecule has 22 heavy (non-hydrogen) atoms. The fourth-order valence-corrected chi connectivity index (χ4v) is 2.20. The Morgan fingerprint density at radius 1 is 1.32 bits per heavy atom. The monoisotopic (exact) mass is 318 g/mol. The van der Waals surface area contributed by atoms with E-state index in [1.807, 2.05) is 6.92 Å². The normalized spacial score (nSPS) is 11.6. The number of pyridine rings is 1. The van der Waals surface area contributed by atoms with Crippen molar-refractivity contribution in [1.82, 2.24) is 4.98 Å². The molecule has 0 fully saturated rings. The summed E-state index contributed by atoms with van der Waals surface area (Å²) in [5.74, 6) is -2.24. The molecule has 114 valence electrons. The molecule has 0 aliphatic carbocycles. The standard InChI is InChI=1S/C16H15ClN2O3/c1-10-6-7-18-9-13(10)19-15(20)14(16(21)22-2)11-4-3-5-12(17)8-11/h3-9,14H,1-2H3,(H,19,20). The summed E-state index contributed by atoms with van der Waals surface area (Å²) in [5, 5.41) is 3.14. The van der Waals surface area contributed by atoms with Gasteiger partial charge in [0, 0.05) is 11.2 Å². The second kappa shape index (κ2) is 7.04. The summed E-state index contributed by atoms with van der Waals surface area (Å²) in [6.07, 6.45) is 3.15. The van der Waals surface area contributed by atoms with Crippen LogP contribution in [0.5, 0.6) is 0 Å². The van der Waals surface area contributed by atoms with E-state index in [0.29, 0.717) is 16.3 Å². The van der Waals surface area contributed by atoms with Crippen LogP contribution >= 0.6 is 11.6 Å². The minimum atomic E-state index is -1.09. The molecule has 6 heteroatoms. The topological polar surface area (TPSA) is 68.3 Å². The van der Waals surface area contributed by atoms with Gasteiger partial charge in [-0.2, -0.15) is 0 Å². The second-order valence-corrected chi connectivity index (χ2v) is 5.13. The van der Waals surface area contributed by atoms with E-state index in [-0.39, 0.29) is 0 Å². The molecule has 0 aliphatic heterocycles. The highest BCUT2D eigenvalue weighted by molar-refractivity contribution is 6.30. The number of esters is 1. The molecule has 2 aromatic rings. The molecule has 0 aliphatic rings. The molecule has 1 atom stereocenters. The van der Waals surface area contributed by atoms with Crippen molar-refractivity contribution in [2.75, 3.05) is 12.4 Å². The molecule has 0 saturated carbocycles. The molecule has 1 aromatic carbocycles. The Labute approximate surface area is 133 Å². The van der Waals surface area contributed by atoms with E-state index < -0.39 is 17.8 Å². The number of benzene rings is 1. The van der Waals surface area contributed by atoms with Gasteiger partial charge in [-0.25, -0.2) is 0 Å². The fourth-order valence-electron chi connectivity index (χ4n) is 2.00. The van der Waals surface area contributed by atoms with Crippen molar-refractivity contribution in [3.8, 4) is 0 Å². The number of ether oxygens (including phenoxy) is 1. The van der Waals surface area contributed by atoms with Crippen molar-refractivity contribution >= 4 is 29.2 Å². The maximum atomic E-state index is 12.5. The molecule has 1 N–H and O–H groups in total. The second-order valence-electron chi connectivity index (χ2n) is 4.69. The van der Waals surface area contributed by atoms with Gasteiger partial charge in [0.15, 0.2) is 5.92 Å². The average molecular weight is 319 g/mol. The number of aryl methyl sites for hydroxylation is 1. The lowest BCUT2D eigenvalue weighted by atomic mass is 9.98. The Hall–Kier alpha value is -2.40. The van der Waals surface area contributed by atoms with E-state index in [1.165, 1.54) is 13.3 Å². The van der Waals surface area contributed by atoms with Crippen molar-refractivity contribution in [2.24, 2.45) is 0 Å². The number of hydrogen-bond acceptors (Lipinski definition) is 4. The molecule has 5 nitrogen and oxygen atoms in total. The summed E-state index contributed by atoms with van der Waals surface area (Å²) in [6, 6.07) is 8.34. The molecular weight excluding hydrogens is 304 g/mol. The van der Waals surface area contributed by atoms with Gasteiger partial charge in [0.05, 0.1) is 19.0 Å². The number of methoxy groups -OCH3 is 1. The summed E-state index contributed by atoms with van der Waals surface area (Å²) in [7, 11) is 1.24. The highest BCUT2D eigenvalue weighted by Crippen LogP contribution is 2.23. The highest BCUT2D eigenvalue weighted by Gasteiger charge is 2.30. The lowest BCUT2D eigenvalue weighted by Crippen LogP contribution is -2.29. The van der Waals surface area contributed by atoms with Gasteiger partial charge in [0.2, 0.25) is 5.91 Å². The lowest BCUT2D eigenvalue weighted by Gasteiger charge is -2.16. The van der Waals surface area contributed by atoms with Gasteiger partial charge < -0.3 is 10.1 Å². The Kier molecular flexibility index (Phi) is 5.12.